The molecule has 0 unspecified atom stereocenters. The lowest BCUT2D eigenvalue weighted by molar-refractivity contribution is 0.642. The number of para-hydroxylation sites is 9. The van der Waals surface area contributed by atoms with Crippen LogP contribution in [0, 0.1) is 0 Å². The van der Waals surface area contributed by atoms with Crippen LogP contribution in [0.25, 0.3) is 225 Å². The fourth-order valence-corrected chi connectivity index (χ4v) is 24.7. The van der Waals surface area contributed by atoms with Gasteiger partial charge in [-0.25, -0.2) is 0 Å². The maximum Gasteiger partial charge on any atom is 0.0785 e. The number of fused-ring (bicyclic) bond motifs is 33. The number of hydrogen-bond acceptors (Lipinski definition) is 3. The van der Waals surface area contributed by atoms with E-state index in [-0.39, 0.29) is 0 Å². The number of nitrogens with zero attached hydrogens (tertiary/aromatic N) is 7. The number of rotatable bonds is 7. The number of benzene rings is 17. The van der Waals surface area contributed by atoms with Crippen molar-refractivity contribution in [2.45, 2.75) is 99.4 Å². The van der Waals surface area contributed by atoms with Crippen LogP contribution in [-0.4, -0.2) is 32.0 Å². The zero-order valence-corrected chi connectivity index (χ0v) is 75.3. The quantitative estimate of drug-likeness (QED) is 0.152. The Labute approximate surface area is 748 Å². The van der Waals surface area contributed by atoms with Gasteiger partial charge in [-0.05, 0) is 184 Å². The molecule has 0 fully saturated rings. The molecular weight excluding hydrogens is 1600 g/mol. The van der Waals surface area contributed by atoms with Crippen molar-refractivity contribution in [3.8, 4) is 11.4 Å². The van der Waals surface area contributed by atoms with Crippen molar-refractivity contribution >= 4 is 247 Å². The second-order valence-corrected chi connectivity index (χ2v) is 38.6. The van der Waals surface area contributed by atoms with Crippen molar-refractivity contribution in [2.75, 3.05) is 0 Å². The number of aromatic nitrogens is 7. The van der Waals surface area contributed by atoms with E-state index >= 15 is 0 Å². The van der Waals surface area contributed by atoms with E-state index in [4.69, 9.17) is 0 Å². The molecule has 10 heteroatoms. The van der Waals surface area contributed by atoms with Crippen LogP contribution in [0.15, 0.2) is 364 Å². The molecule has 616 valence electrons. The van der Waals surface area contributed by atoms with E-state index < -0.39 is 0 Å². The minimum atomic E-state index is 0.366. The maximum atomic E-state index is 2.51. The Bertz CT molecular complexity index is 8990. The Hall–Kier alpha value is -14.0. The maximum absolute atomic E-state index is 2.51. The molecular formula is C117H95N7S3. The molecule has 0 saturated carbocycles. The van der Waals surface area contributed by atoms with Crippen molar-refractivity contribution < 1.29 is 0 Å². The molecule has 0 aliphatic heterocycles. The molecule has 0 bridgehead atoms. The number of thiophene rings is 3. The lowest BCUT2D eigenvalue weighted by Gasteiger charge is -2.14. The van der Waals surface area contributed by atoms with E-state index in [0.717, 1.165) is 0 Å². The van der Waals surface area contributed by atoms with Crippen molar-refractivity contribution in [1.82, 2.24) is 32.0 Å². The zero-order valence-electron chi connectivity index (χ0n) is 72.9. The van der Waals surface area contributed by atoms with Crippen molar-refractivity contribution in [2.24, 2.45) is 0 Å². The van der Waals surface area contributed by atoms with E-state index in [0.29, 0.717) is 30.2 Å². The molecule has 127 heavy (non-hydrogen) atoms. The molecule has 7 nitrogen and oxygen atoms in total. The van der Waals surface area contributed by atoms with Crippen molar-refractivity contribution in [1.29, 1.82) is 0 Å². The Morgan fingerprint density at radius 3 is 0.961 bits per heavy atom. The average molecular weight is 1700 g/mol. The summed E-state index contributed by atoms with van der Waals surface area (Å²) >= 11 is 5.70. The summed E-state index contributed by atoms with van der Waals surface area (Å²) in [5, 5.41) is 27.0. The number of hydrogen-bond donors (Lipinski definition) is 0. The Morgan fingerprint density at radius 1 is 0.165 bits per heavy atom. The smallest absolute Gasteiger partial charge is 0.0785 e. The van der Waals surface area contributed by atoms with Crippen LogP contribution in [0.2, 0.25) is 0 Å². The molecule has 0 atom stereocenters. The van der Waals surface area contributed by atoms with Gasteiger partial charge < -0.3 is 32.0 Å². The van der Waals surface area contributed by atoms with Gasteiger partial charge in [0.25, 0.3) is 0 Å². The summed E-state index contributed by atoms with van der Waals surface area (Å²) in [6.45, 7) is 22.7. The van der Waals surface area contributed by atoms with Gasteiger partial charge in [-0.1, -0.05) is 249 Å². The lowest BCUT2D eigenvalue weighted by atomic mass is 10.1. The largest absolute Gasteiger partial charge is 0.338 e. The second kappa shape index (κ2) is 31.0. The summed E-state index contributed by atoms with van der Waals surface area (Å²) < 4.78 is 25.6. The highest BCUT2D eigenvalue weighted by molar-refractivity contribution is 7.27. The third kappa shape index (κ3) is 12.4. The van der Waals surface area contributed by atoms with Crippen LogP contribution in [-0.2, 0) is 0 Å². The third-order valence-corrected chi connectivity index (χ3v) is 29.7. The fourth-order valence-electron chi connectivity index (χ4n) is 21.2. The van der Waals surface area contributed by atoms with Crippen molar-refractivity contribution in [3.05, 3.63) is 364 Å². The topological polar surface area (TPSA) is 34.5 Å². The van der Waals surface area contributed by atoms with Crippen LogP contribution in [0.1, 0.15) is 99.4 Å². The lowest BCUT2D eigenvalue weighted by Crippen LogP contribution is -2.02. The van der Waals surface area contributed by atoms with Gasteiger partial charge >= 0.3 is 0 Å². The van der Waals surface area contributed by atoms with Gasteiger partial charge in [-0.3, -0.25) is 0 Å². The predicted molar refractivity (Wildman–Crippen MR) is 556 cm³/mol. The van der Waals surface area contributed by atoms with Gasteiger partial charge in [0.1, 0.15) is 0 Å². The normalized spacial score (nSPS) is 12.2. The highest BCUT2D eigenvalue weighted by Crippen LogP contribution is 2.49. The van der Waals surface area contributed by atoms with E-state index in [1.54, 1.807) is 0 Å². The van der Waals surface area contributed by atoms with Crippen LogP contribution in [0.5, 0.6) is 0 Å². The highest BCUT2D eigenvalue weighted by Gasteiger charge is 2.26. The third-order valence-electron chi connectivity index (χ3n) is 26.3. The average Bonchev–Trinajstić information content (AvgIpc) is 1.51. The van der Waals surface area contributed by atoms with E-state index in [1.807, 2.05) is 34.0 Å². The molecule has 0 spiro atoms. The first-order valence-electron chi connectivity index (χ1n) is 44.8. The molecule has 0 aliphatic carbocycles. The van der Waals surface area contributed by atoms with Crippen LogP contribution in [0.4, 0.5) is 0 Å². The summed E-state index contributed by atoms with van der Waals surface area (Å²) in [4.78, 5) is 0. The zero-order chi connectivity index (χ0) is 85.7. The molecule has 0 aliphatic rings. The first kappa shape index (κ1) is 77.8. The summed E-state index contributed by atoms with van der Waals surface area (Å²) in [6, 6.07) is 134. The Morgan fingerprint density at radius 2 is 0.472 bits per heavy atom. The predicted octanol–water partition coefficient (Wildman–Crippen LogP) is 35.2. The molecule has 0 N–H and O–H groups in total. The Balaban J connectivity index is 0.0000000914. The summed E-state index contributed by atoms with van der Waals surface area (Å²) in [6.07, 6.45) is 0. The summed E-state index contributed by atoms with van der Waals surface area (Å²) in [5.41, 5.74) is 20.8. The molecule has 0 radical (unpaired) electrons. The monoisotopic (exact) mass is 1690 g/mol. The van der Waals surface area contributed by atoms with E-state index in [1.165, 1.54) is 225 Å². The van der Waals surface area contributed by atoms with Crippen LogP contribution >= 0.6 is 34.0 Å². The van der Waals surface area contributed by atoms with Crippen molar-refractivity contribution in [3.63, 3.8) is 0 Å². The van der Waals surface area contributed by atoms with E-state index in [9.17, 15) is 0 Å². The van der Waals surface area contributed by atoms with Gasteiger partial charge in [0.15, 0.2) is 0 Å². The molecule has 0 amide bonds. The van der Waals surface area contributed by atoms with Crippen LogP contribution < -0.4 is 0 Å². The second-order valence-electron chi connectivity index (χ2n) is 35.4. The first-order valence-corrected chi connectivity index (χ1v) is 47.2. The standard InChI is InChI=1S/2C27H22N2.3C21H17NS/c1-18(2)28-23-14-8-6-12-20(23)21-16-17-25-26(27(21)28)22-13-7-9-15-24(22)29(25)19-10-4-3-5-11-19;1-18(2)28-24-14-8-6-12-20(24)22-16-17-23-21-13-7-9-15-25(21)29(27(23)26(22)28)19-10-4-3-5-11-19;1-13(2)22-18-9-5-3-7-14(18)16-12-21-17(11-19(16)22)15-8-4-6-10-20(15)23-21;1-13(2)22-18-9-5-3-7-14(18)16-11-17-15-8-4-6-10-20(15)23-21(17)12-19(16)22;1-13(2)22-18-9-5-3-7-14(18)16-11-12-17-15-8-4-6-10-19(15)23-21(17)20(16)22/h2*3-18H,1-2H3;3*3-13H,1-2H3. The van der Waals surface area contributed by atoms with Gasteiger partial charge in [-0.15, -0.1) is 34.0 Å². The first-order chi connectivity index (χ1) is 62.2. The summed E-state index contributed by atoms with van der Waals surface area (Å²) in [7, 11) is 0. The fraction of sp³-hybridized carbons (Fsp3) is 0.128. The molecule has 10 heterocycles. The highest BCUT2D eigenvalue weighted by atomic mass is 32.1. The van der Waals surface area contributed by atoms with Gasteiger partial charge in [0.05, 0.1) is 54.4 Å². The molecule has 10 aromatic heterocycles. The minimum Gasteiger partial charge on any atom is -0.338 e. The van der Waals surface area contributed by atoms with Gasteiger partial charge in [0, 0.05) is 200 Å². The minimum absolute atomic E-state index is 0.366. The SMILES string of the molecule is CC(C)n1c2ccccc2c2cc3c(cc21)sc1ccccc13.CC(C)n1c2ccccc2c2cc3sc4ccccc4c3cc21.CC(C)n1c2ccccc2c2ccc3c(c4ccccc4n3-c3ccccc3)c21.CC(C)n1c2ccccc2c2ccc3c4ccccc4n(-c4ccccc4)c3c21.CC(C)n1c2ccccc2c2ccc3c4ccccc4sc3c21. The van der Waals surface area contributed by atoms with Crippen LogP contribution in [0.3, 0.4) is 0 Å². The Kier molecular flexibility index (Phi) is 19.0. The van der Waals surface area contributed by atoms with Gasteiger partial charge in [0.2, 0.25) is 0 Å². The molecule has 27 rings (SSSR count). The van der Waals surface area contributed by atoms with E-state index in [2.05, 4.69) is 465 Å². The molecule has 17 aromatic carbocycles. The van der Waals surface area contributed by atoms with Gasteiger partial charge in [-0.2, -0.15) is 0 Å². The summed E-state index contributed by atoms with van der Waals surface area (Å²) in [5.74, 6) is 0. The molecule has 0 saturated heterocycles. The molecule has 27 aromatic rings.